The van der Waals surface area contributed by atoms with E-state index in [1.807, 2.05) is 0 Å². The quantitative estimate of drug-likeness (QED) is 0.873. The Morgan fingerprint density at radius 3 is 2.20 bits per heavy atom. The van der Waals surface area contributed by atoms with E-state index in [9.17, 15) is 18.4 Å². The number of nitrogens with zero attached hydrogens (tertiary/aromatic N) is 1. The first-order valence-corrected chi connectivity index (χ1v) is 7.62. The lowest BCUT2D eigenvalue weighted by Crippen LogP contribution is -2.38. The lowest BCUT2D eigenvalue weighted by molar-refractivity contribution is -0.116. The summed E-state index contributed by atoms with van der Waals surface area (Å²) < 4.78 is 31.6. The molecule has 0 unspecified atom stereocenters. The molecular formula is C18H18F2N2O3. The maximum Gasteiger partial charge on any atom is 0.254 e. The van der Waals surface area contributed by atoms with Gasteiger partial charge in [-0.05, 0) is 43.3 Å². The van der Waals surface area contributed by atoms with Gasteiger partial charge in [-0.15, -0.1) is 0 Å². The van der Waals surface area contributed by atoms with Crippen LogP contribution < -0.4 is 10.1 Å². The molecule has 0 atom stereocenters. The standard InChI is InChI=1S/C18H18F2N2O3/c1-3-22(18(24)12-8-13(19)10-14(20)9-12)11-17(23)21-15-4-6-16(25-2)7-5-15/h4-10H,3,11H2,1-2H3,(H,21,23). The van der Waals surface area contributed by atoms with E-state index in [1.165, 1.54) is 12.0 Å². The van der Waals surface area contributed by atoms with E-state index < -0.39 is 23.4 Å². The first-order chi connectivity index (χ1) is 11.9. The van der Waals surface area contributed by atoms with Crippen LogP contribution in [0.4, 0.5) is 14.5 Å². The second kappa shape index (κ2) is 8.23. The van der Waals surface area contributed by atoms with Gasteiger partial charge in [0.15, 0.2) is 0 Å². The minimum absolute atomic E-state index is 0.142. The Bertz CT molecular complexity index is 743. The van der Waals surface area contributed by atoms with Crippen molar-refractivity contribution in [2.24, 2.45) is 0 Å². The van der Waals surface area contributed by atoms with Crippen molar-refractivity contribution in [3.05, 3.63) is 59.7 Å². The molecule has 2 aromatic carbocycles. The number of amides is 2. The molecule has 0 bridgehead atoms. The SMILES string of the molecule is CCN(CC(=O)Nc1ccc(OC)cc1)C(=O)c1cc(F)cc(F)c1. The van der Waals surface area contributed by atoms with Crippen LogP contribution in [-0.4, -0.2) is 36.9 Å². The Kier molecular flexibility index (Phi) is 6.05. The molecule has 2 aromatic rings. The molecule has 0 aliphatic heterocycles. The Morgan fingerprint density at radius 2 is 1.68 bits per heavy atom. The summed E-state index contributed by atoms with van der Waals surface area (Å²) in [5.41, 5.74) is 0.405. The van der Waals surface area contributed by atoms with Gasteiger partial charge in [0.05, 0.1) is 7.11 Å². The average Bonchev–Trinajstić information content (AvgIpc) is 2.59. The molecule has 0 heterocycles. The topological polar surface area (TPSA) is 58.6 Å². The highest BCUT2D eigenvalue weighted by atomic mass is 19.1. The van der Waals surface area contributed by atoms with Crippen LogP contribution in [0, 0.1) is 11.6 Å². The van der Waals surface area contributed by atoms with E-state index in [0.717, 1.165) is 12.1 Å². The molecule has 0 aliphatic rings. The number of benzene rings is 2. The summed E-state index contributed by atoms with van der Waals surface area (Å²) >= 11 is 0. The summed E-state index contributed by atoms with van der Waals surface area (Å²) in [4.78, 5) is 25.7. The Balaban J connectivity index is 2.04. The third-order valence-corrected chi connectivity index (χ3v) is 3.49. The molecule has 1 N–H and O–H groups in total. The number of hydrogen-bond acceptors (Lipinski definition) is 3. The highest BCUT2D eigenvalue weighted by molar-refractivity contribution is 5.99. The number of rotatable bonds is 6. The number of halogens is 2. The second-order valence-corrected chi connectivity index (χ2v) is 5.25. The van der Waals surface area contributed by atoms with Crippen LogP contribution in [0.3, 0.4) is 0 Å². The molecule has 0 saturated heterocycles. The molecular weight excluding hydrogens is 330 g/mol. The van der Waals surface area contributed by atoms with E-state index in [0.29, 0.717) is 17.5 Å². The number of nitrogens with one attached hydrogen (secondary N) is 1. The fraction of sp³-hybridized carbons (Fsp3) is 0.222. The molecule has 132 valence electrons. The van der Waals surface area contributed by atoms with Crippen LogP contribution in [0.1, 0.15) is 17.3 Å². The largest absolute Gasteiger partial charge is 0.497 e. The van der Waals surface area contributed by atoms with Crippen molar-refractivity contribution in [3.63, 3.8) is 0 Å². The predicted molar refractivity (Wildman–Crippen MR) is 89.6 cm³/mol. The Labute approximate surface area is 144 Å². The van der Waals surface area contributed by atoms with Crippen molar-refractivity contribution < 1.29 is 23.1 Å². The second-order valence-electron chi connectivity index (χ2n) is 5.25. The van der Waals surface area contributed by atoms with Crippen molar-refractivity contribution in [3.8, 4) is 5.75 Å². The summed E-state index contributed by atoms with van der Waals surface area (Å²) in [7, 11) is 1.54. The van der Waals surface area contributed by atoms with Crippen molar-refractivity contribution in [1.29, 1.82) is 0 Å². The van der Waals surface area contributed by atoms with Gasteiger partial charge in [-0.2, -0.15) is 0 Å². The zero-order valence-electron chi connectivity index (χ0n) is 13.9. The van der Waals surface area contributed by atoms with Crippen molar-refractivity contribution in [2.45, 2.75) is 6.92 Å². The maximum atomic E-state index is 13.3. The lowest BCUT2D eigenvalue weighted by Gasteiger charge is -2.20. The monoisotopic (exact) mass is 348 g/mol. The average molecular weight is 348 g/mol. The molecule has 5 nitrogen and oxygen atoms in total. The lowest BCUT2D eigenvalue weighted by atomic mass is 10.2. The van der Waals surface area contributed by atoms with Gasteiger partial charge in [-0.3, -0.25) is 9.59 Å². The number of anilines is 1. The van der Waals surface area contributed by atoms with Gasteiger partial charge in [0.1, 0.15) is 23.9 Å². The summed E-state index contributed by atoms with van der Waals surface area (Å²) in [6.07, 6.45) is 0. The van der Waals surface area contributed by atoms with Crippen molar-refractivity contribution in [2.75, 3.05) is 25.5 Å². The molecule has 0 radical (unpaired) electrons. The third-order valence-electron chi connectivity index (χ3n) is 3.49. The van der Waals surface area contributed by atoms with Crippen LogP contribution in [0.5, 0.6) is 5.75 Å². The number of hydrogen-bond donors (Lipinski definition) is 1. The molecule has 0 spiro atoms. The normalized spacial score (nSPS) is 10.2. The maximum absolute atomic E-state index is 13.3. The summed E-state index contributed by atoms with van der Waals surface area (Å²) in [6, 6.07) is 9.27. The van der Waals surface area contributed by atoms with Crippen LogP contribution in [0.25, 0.3) is 0 Å². The van der Waals surface area contributed by atoms with Crippen LogP contribution in [0.2, 0.25) is 0 Å². The van der Waals surface area contributed by atoms with E-state index in [2.05, 4.69) is 5.32 Å². The van der Waals surface area contributed by atoms with Crippen molar-refractivity contribution in [1.82, 2.24) is 4.90 Å². The van der Waals surface area contributed by atoms with E-state index >= 15 is 0 Å². The van der Waals surface area contributed by atoms with E-state index in [1.54, 1.807) is 31.2 Å². The highest BCUT2D eigenvalue weighted by Crippen LogP contribution is 2.15. The molecule has 2 rings (SSSR count). The molecule has 25 heavy (non-hydrogen) atoms. The molecule has 0 fully saturated rings. The van der Waals surface area contributed by atoms with Gasteiger partial charge >= 0.3 is 0 Å². The predicted octanol–water partition coefficient (Wildman–Crippen LogP) is 3.07. The zero-order chi connectivity index (χ0) is 18.4. The van der Waals surface area contributed by atoms with Gasteiger partial charge in [0.2, 0.25) is 5.91 Å². The van der Waals surface area contributed by atoms with Crippen LogP contribution in [0.15, 0.2) is 42.5 Å². The summed E-state index contributed by atoms with van der Waals surface area (Å²) in [6.45, 7) is 1.65. The van der Waals surface area contributed by atoms with Gasteiger partial charge in [-0.1, -0.05) is 0 Å². The molecule has 7 heteroatoms. The number of carbonyl (C=O) groups excluding carboxylic acids is 2. The summed E-state index contributed by atoms with van der Waals surface area (Å²) in [5, 5.41) is 2.65. The van der Waals surface area contributed by atoms with Gasteiger partial charge in [0, 0.05) is 23.9 Å². The fourth-order valence-corrected chi connectivity index (χ4v) is 2.24. The highest BCUT2D eigenvalue weighted by Gasteiger charge is 2.19. The Morgan fingerprint density at radius 1 is 1.08 bits per heavy atom. The minimum Gasteiger partial charge on any atom is -0.497 e. The summed E-state index contributed by atoms with van der Waals surface area (Å²) in [5.74, 6) is -2.08. The van der Waals surface area contributed by atoms with E-state index in [-0.39, 0.29) is 18.7 Å². The molecule has 0 aromatic heterocycles. The Hall–Kier alpha value is -2.96. The van der Waals surface area contributed by atoms with Crippen LogP contribution >= 0.6 is 0 Å². The van der Waals surface area contributed by atoms with E-state index in [4.69, 9.17) is 4.74 Å². The molecule has 0 aliphatic carbocycles. The first kappa shape index (κ1) is 18.4. The fourth-order valence-electron chi connectivity index (χ4n) is 2.24. The third kappa shape index (κ3) is 5.00. The molecule has 2 amide bonds. The van der Waals surface area contributed by atoms with Crippen LogP contribution in [-0.2, 0) is 4.79 Å². The van der Waals surface area contributed by atoms with Crippen molar-refractivity contribution >= 4 is 17.5 Å². The van der Waals surface area contributed by atoms with Gasteiger partial charge in [-0.25, -0.2) is 8.78 Å². The number of likely N-dealkylation sites (N-methyl/N-ethyl adjacent to an activating group) is 1. The molecule has 0 saturated carbocycles. The van der Waals surface area contributed by atoms with Gasteiger partial charge in [0.25, 0.3) is 5.91 Å². The number of carbonyl (C=O) groups is 2. The number of methoxy groups -OCH3 is 1. The first-order valence-electron chi connectivity index (χ1n) is 7.62. The zero-order valence-corrected chi connectivity index (χ0v) is 13.9. The smallest absolute Gasteiger partial charge is 0.254 e. The minimum atomic E-state index is -0.845. The number of ether oxygens (including phenoxy) is 1. The van der Waals surface area contributed by atoms with Gasteiger partial charge < -0.3 is 15.0 Å².